The summed E-state index contributed by atoms with van der Waals surface area (Å²) in [5.41, 5.74) is 0.466. The quantitative estimate of drug-likeness (QED) is 0.719. The van der Waals surface area contributed by atoms with Crippen molar-refractivity contribution in [2.24, 2.45) is 0 Å². The van der Waals surface area contributed by atoms with Gasteiger partial charge in [0, 0.05) is 5.69 Å². The van der Waals surface area contributed by atoms with Crippen LogP contribution in [0.3, 0.4) is 0 Å². The van der Waals surface area contributed by atoms with E-state index in [1.165, 1.54) is 24.3 Å². The lowest BCUT2D eigenvalue weighted by molar-refractivity contribution is -0.118. The van der Waals surface area contributed by atoms with Crippen molar-refractivity contribution in [3.05, 3.63) is 66.7 Å². The van der Waals surface area contributed by atoms with E-state index in [0.717, 1.165) is 10.8 Å². The Hall–Kier alpha value is -3.15. The summed E-state index contributed by atoms with van der Waals surface area (Å²) in [5.74, 6) is 0.269. The van der Waals surface area contributed by atoms with Crippen LogP contribution in [0.5, 0.6) is 11.5 Å². The molecular formula is C19H15F2NO3. The van der Waals surface area contributed by atoms with Crippen LogP contribution in [0.4, 0.5) is 14.5 Å². The number of ether oxygens (including phenoxy) is 2. The zero-order chi connectivity index (χ0) is 17.6. The zero-order valence-corrected chi connectivity index (χ0v) is 13.1. The number of carbonyl (C=O) groups excluding carboxylic acids is 1. The average Bonchev–Trinajstić information content (AvgIpc) is 2.61. The third kappa shape index (κ3) is 4.67. The Morgan fingerprint density at radius 1 is 0.920 bits per heavy atom. The lowest BCUT2D eigenvalue weighted by atomic mass is 10.1. The molecule has 0 spiro atoms. The summed E-state index contributed by atoms with van der Waals surface area (Å²) in [4.78, 5) is 11.9. The lowest BCUT2D eigenvalue weighted by Crippen LogP contribution is -2.20. The van der Waals surface area contributed by atoms with Crippen molar-refractivity contribution in [2.75, 3.05) is 11.9 Å². The maximum atomic E-state index is 12.1. The SMILES string of the molecule is O=C(COc1ccc2ccccc2c1)Nc1ccc(OC(F)F)cc1. The molecule has 0 fully saturated rings. The molecule has 6 heteroatoms. The van der Waals surface area contributed by atoms with Crippen LogP contribution < -0.4 is 14.8 Å². The minimum absolute atomic E-state index is 0.0282. The van der Waals surface area contributed by atoms with Crippen LogP contribution in [0.25, 0.3) is 10.8 Å². The van der Waals surface area contributed by atoms with E-state index in [2.05, 4.69) is 10.1 Å². The molecule has 0 saturated carbocycles. The maximum absolute atomic E-state index is 12.1. The minimum Gasteiger partial charge on any atom is -0.484 e. The molecule has 0 atom stereocenters. The van der Waals surface area contributed by atoms with Crippen LogP contribution >= 0.6 is 0 Å². The average molecular weight is 343 g/mol. The first kappa shape index (κ1) is 16.7. The second-order valence-electron chi connectivity index (χ2n) is 5.25. The molecule has 1 N–H and O–H groups in total. The molecule has 0 radical (unpaired) electrons. The van der Waals surface area contributed by atoms with E-state index in [9.17, 15) is 13.6 Å². The van der Waals surface area contributed by atoms with E-state index >= 15 is 0 Å². The molecule has 0 saturated heterocycles. The fraction of sp³-hybridized carbons (Fsp3) is 0.105. The number of benzene rings is 3. The van der Waals surface area contributed by atoms with Crippen molar-refractivity contribution in [2.45, 2.75) is 6.61 Å². The lowest BCUT2D eigenvalue weighted by Gasteiger charge is -2.09. The molecular weight excluding hydrogens is 328 g/mol. The number of halogens is 2. The first-order valence-corrected chi connectivity index (χ1v) is 7.56. The molecule has 0 unspecified atom stereocenters. The smallest absolute Gasteiger partial charge is 0.387 e. The van der Waals surface area contributed by atoms with Crippen molar-refractivity contribution < 1.29 is 23.0 Å². The molecule has 4 nitrogen and oxygen atoms in total. The molecule has 128 valence electrons. The summed E-state index contributed by atoms with van der Waals surface area (Å²) >= 11 is 0. The highest BCUT2D eigenvalue weighted by molar-refractivity contribution is 5.92. The van der Waals surface area contributed by atoms with Gasteiger partial charge < -0.3 is 14.8 Å². The van der Waals surface area contributed by atoms with Gasteiger partial charge in [0.2, 0.25) is 0 Å². The van der Waals surface area contributed by atoms with Gasteiger partial charge in [-0.3, -0.25) is 4.79 Å². The van der Waals surface area contributed by atoms with Crippen molar-refractivity contribution in [1.82, 2.24) is 0 Å². The van der Waals surface area contributed by atoms with E-state index in [1.54, 1.807) is 6.07 Å². The zero-order valence-electron chi connectivity index (χ0n) is 13.1. The van der Waals surface area contributed by atoms with Gasteiger partial charge in [-0.2, -0.15) is 8.78 Å². The van der Waals surface area contributed by atoms with E-state index in [4.69, 9.17) is 4.74 Å². The predicted octanol–water partition coefficient (Wildman–Crippen LogP) is 4.46. The van der Waals surface area contributed by atoms with Gasteiger partial charge in [-0.25, -0.2) is 0 Å². The molecule has 0 aliphatic rings. The molecule has 3 aromatic rings. The van der Waals surface area contributed by atoms with Crippen molar-refractivity contribution in [3.63, 3.8) is 0 Å². The number of rotatable bonds is 6. The Bertz CT molecular complexity index is 866. The van der Waals surface area contributed by atoms with E-state index < -0.39 is 6.61 Å². The summed E-state index contributed by atoms with van der Waals surface area (Å²) in [5, 5.41) is 4.73. The molecule has 0 aliphatic carbocycles. The number of alkyl halides is 2. The van der Waals surface area contributed by atoms with E-state index in [1.807, 2.05) is 36.4 Å². The van der Waals surface area contributed by atoms with Gasteiger partial charge in [0.15, 0.2) is 6.61 Å². The molecule has 0 heterocycles. The third-order valence-electron chi connectivity index (χ3n) is 3.45. The van der Waals surface area contributed by atoms with Crippen LogP contribution in [0, 0.1) is 0 Å². The molecule has 0 aromatic heterocycles. The van der Waals surface area contributed by atoms with Gasteiger partial charge in [0.05, 0.1) is 0 Å². The van der Waals surface area contributed by atoms with Gasteiger partial charge in [0.25, 0.3) is 5.91 Å². The topological polar surface area (TPSA) is 47.6 Å². The van der Waals surface area contributed by atoms with Gasteiger partial charge in [-0.15, -0.1) is 0 Å². The van der Waals surface area contributed by atoms with Crippen LogP contribution in [0.15, 0.2) is 66.7 Å². The van der Waals surface area contributed by atoms with Gasteiger partial charge in [-0.05, 0) is 47.2 Å². The number of hydrogen-bond acceptors (Lipinski definition) is 3. The summed E-state index contributed by atoms with van der Waals surface area (Å²) in [7, 11) is 0. The van der Waals surface area contributed by atoms with Crippen LogP contribution in [-0.2, 0) is 4.79 Å². The number of fused-ring (bicyclic) bond motifs is 1. The molecule has 0 aliphatic heterocycles. The molecule has 3 aromatic carbocycles. The fourth-order valence-corrected chi connectivity index (χ4v) is 2.32. The highest BCUT2D eigenvalue weighted by Gasteiger charge is 2.07. The van der Waals surface area contributed by atoms with Gasteiger partial charge in [-0.1, -0.05) is 30.3 Å². The second-order valence-corrected chi connectivity index (χ2v) is 5.25. The summed E-state index contributed by atoms with van der Waals surface area (Å²) in [6, 6.07) is 19.1. The highest BCUT2D eigenvalue weighted by Crippen LogP contribution is 2.21. The van der Waals surface area contributed by atoms with Crippen LogP contribution in [0.1, 0.15) is 0 Å². The number of anilines is 1. The van der Waals surface area contributed by atoms with Crippen molar-refractivity contribution >= 4 is 22.4 Å². The number of nitrogens with one attached hydrogen (secondary N) is 1. The summed E-state index contributed by atoms with van der Waals surface area (Å²) < 4.78 is 33.9. The number of carbonyl (C=O) groups is 1. The maximum Gasteiger partial charge on any atom is 0.387 e. The van der Waals surface area contributed by atoms with Crippen molar-refractivity contribution in [3.8, 4) is 11.5 Å². The van der Waals surface area contributed by atoms with E-state index in [0.29, 0.717) is 11.4 Å². The Labute approximate surface area is 143 Å². The second kappa shape index (κ2) is 7.61. The van der Waals surface area contributed by atoms with Gasteiger partial charge >= 0.3 is 6.61 Å². The Morgan fingerprint density at radius 3 is 2.32 bits per heavy atom. The summed E-state index contributed by atoms with van der Waals surface area (Å²) in [6.07, 6.45) is 0. The molecule has 0 bridgehead atoms. The van der Waals surface area contributed by atoms with Gasteiger partial charge in [0.1, 0.15) is 11.5 Å². The van der Waals surface area contributed by atoms with Crippen molar-refractivity contribution in [1.29, 1.82) is 0 Å². The standard InChI is InChI=1S/C19H15F2NO3/c20-19(21)25-16-9-6-15(7-10-16)22-18(23)12-24-17-8-5-13-3-1-2-4-14(13)11-17/h1-11,19H,12H2,(H,22,23). The van der Waals surface area contributed by atoms with E-state index in [-0.39, 0.29) is 18.3 Å². The fourth-order valence-electron chi connectivity index (χ4n) is 2.32. The third-order valence-corrected chi connectivity index (χ3v) is 3.45. The highest BCUT2D eigenvalue weighted by atomic mass is 19.3. The molecule has 25 heavy (non-hydrogen) atoms. The summed E-state index contributed by atoms with van der Waals surface area (Å²) in [6.45, 7) is -3.04. The molecule has 1 amide bonds. The number of amides is 1. The number of hydrogen-bond donors (Lipinski definition) is 1. The Kier molecular flexibility index (Phi) is 5.09. The first-order chi connectivity index (χ1) is 12.1. The first-order valence-electron chi connectivity index (χ1n) is 7.56. The monoisotopic (exact) mass is 343 g/mol. The van der Waals surface area contributed by atoms with Crippen LogP contribution in [0.2, 0.25) is 0 Å². The Morgan fingerprint density at radius 2 is 1.60 bits per heavy atom. The molecule has 3 rings (SSSR count). The largest absolute Gasteiger partial charge is 0.484 e. The minimum atomic E-state index is -2.88. The normalized spacial score (nSPS) is 10.7. The predicted molar refractivity (Wildman–Crippen MR) is 91.1 cm³/mol. The Balaban J connectivity index is 1.55. The van der Waals surface area contributed by atoms with Crippen LogP contribution in [-0.4, -0.2) is 19.1 Å².